The normalized spacial score (nSPS) is 11.1. The summed E-state index contributed by atoms with van der Waals surface area (Å²) in [6.45, 7) is 0. The highest BCUT2D eigenvalue weighted by Crippen LogP contribution is 2.26. The number of anilines is 1. The molecule has 0 aliphatic heterocycles. The SMILES string of the molecule is O=C(Nc1nc2scc(-c3ccc(F)cc3)n2n1)c1ccc(-n2cccc2)cc1. The van der Waals surface area contributed by atoms with Gasteiger partial charge in [0.1, 0.15) is 5.82 Å². The zero-order valence-electron chi connectivity index (χ0n) is 15.0. The molecule has 0 unspecified atom stereocenters. The number of carbonyl (C=O) groups is 1. The van der Waals surface area contributed by atoms with Gasteiger partial charge in [-0.25, -0.2) is 8.91 Å². The average molecular weight is 403 g/mol. The summed E-state index contributed by atoms with van der Waals surface area (Å²) in [5, 5.41) is 9.01. The van der Waals surface area contributed by atoms with Gasteiger partial charge < -0.3 is 4.57 Å². The molecule has 0 fully saturated rings. The lowest BCUT2D eigenvalue weighted by Gasteiger charge is -2.05. The number of fused-ring (bicyclic) bond motifs is 1. The van der Waals surface area contributed by atoms with Crippen molar-refractivity contribution in [3.8, 4) is 16.9 Å². The Kier molecular flexibility index (Phi) is 4.18. The molecule has 0 saturated heterocycles. The first-order chi connectivity index (χ1) is 14.2. The highest BCUT2D eigenvalue weighted by atomic mass is 32.1. The molecule has 3 aromatic heterocycles. The van der Waals surface area contributed by atoms with Gasteiger partial charge in [0.25, 0.3) is 11.9 Å². The Bertz CT molecular complexity index is 1290. The van der Waals surface area contributed by atoms with Gasteiger partial charge >= 0.3 is 0 Å². The third-order valence-corrected chi connectivity index (χ3v) is 5.30. The molecule has 0 aliphatic rings. The number of aromatic nitrogens is 4. The van der Waals surface area contributed by atoms with Crippen molar-refractivity contribution >= 4 is 28.2 Å². The molecular formula is C21H14FN5OS. The summed E-state index contributed by atoms with van der Waals surface area (Å²) in [5.41, 5.74) is 3.09. The molecule has 0 atom stereocenters. The molecule has 0 aliphatic carbocycles. The maximum atomic E-state index is 13.2. The van der Waals surface area contributed by atoms with Crippen molar-refractivity contribution < 1.29 is 9.18 Å². The van der Waals surface area contributed by atoms with E-state index in [1.54, 1.807) is 28.8 Å². The number of hydrogen-bond acceptors (Lipinski definition) is 4. The second kappa shape index (κ2) is 6.99. The fraction of sp³-hybridized carbons (Fsp3) is 0. The van der Waals surface area contributed by atoms with E-state index < -0.39 is 0 Å². The number of carbonyl (C=O) groups excluding carboxylic acids is 1. The zero-order valence-corrected chi connectivity index (χ0v) is 15.8. The minimum Gasteiger partial charge on any atom is -0.324 e. The monoisotopic (exact) mass is 403 g/mol. The highest BCUT2D eigenvalue weighted by molar-refractivity contribution is 7.15. The summed E-state index contributed by atoms with van der Waals surface area (Å²) in [4.78, 5) is 17.6. The van der Waals surface area contributed by atoms with E-state index in [1.165, 1.54) is 23.5 Å². The Hall–Kier alpha value is -3.78. The molecular weight excluding hydrogens is 389 g/mol. The number of nitrogens with one attached hydrogen (secondary N) is 1. The lowest BCUT2D eigenvalue weighted by molar-refractivity contribution is 0.102. The van der Waals surface area contributed by atoms with Gasteiger partial charge in [-0.1, -0.05) is 0 Å². The topological polar surface area (TPSA) is 64.2 Å². The Morgan fingerprint density at radius 3 is 2.45 bits per heavy atom. The molecule has 8 heteroatoms. The van der Waals surface area contributed by atoms with Gasteiger partial charge in [0.2, 0.25) is 4.96 Å². The van der Waals surface area contributed by atoms with Crippen LogP contribution >= 0.6 is 11.3 Å². The molecule has 5 rings (SSSR count). The standard InChI is InChI=1S/C21H14FN5OS/c22-16-7-3-14(4-8-16)18-13-29-21-24-20(25-27(18)21)23-19(28)15-5-9-17(10-6-15)26-11-1-2-12-26/h1-13H,(H,23,25,28). The maximum absolute atomic E-state index is 13.2. The Morgan fingerprint density at radius 2 is 1.72 bits per heavy atom. The van der Waals surface area contributed by atoms with E-state index in [1.807, 2.05) is 46.6 Å². The fourth-order valence-electron chi connectivity index (χ4n) is 3.02. The van der Waals surface area contributed by atoms with Gasteiger partial charge in [0.15, 0.2) is 0 Å². The molecule has 0 saturated carbocycles. The van der Waals surface area contributed by atoms with Gasteiger partial charge in [-0.2, -0.15) is 4.98 Å². The molecule has 0 radical (unpaired) electrons. The Balaban J connectivity index is 1.37. The summed E-state index contributed by atoms with van der Waals surface area (Å²) >= 11 is 1.40. The minimum absolute atomic E-state index is 0.222. The van der Waals surface area contributed by atoms with Gasteiger partial charge in [0.05, 0.1) is 5.69 Å². The number of benzene rings is 2. The van der Waals surface area contributed by atoms with Crippen LogP contribution in [-0.4, -0.2) is 25.1 Å². The quantitative estimate of drug-likeness (QED) is 0.475. The van der Waals surface area contributed by atoms with Crippen LogP contribution in [0.3, 0.4) is 0 Å². The molecule has 0 spiro atoms. The second-order valence-electron chi connectivity index (χ2n) is 6.35. The molecule has 2 aromatic carbocycles. The third-order valence-electron chi connectivity index (χ3n) is 4.48. The number of rotatable bonds is 4. The second-order valence-corrected chi connectivity index (χ2v) is 7.19. The summed E-state index contributed by atoms with van der Waals surface area (Å²) in [6, 6.07) is 17.3. The van der Waals surface area contributed by atoms with Crippen molar-refractivity contribution in [2.45, 2.75) is 0 Å². The summed E-state index contributed by atoms with van der Waals surface area (Å²) in [6.07, 6.45) is 3.88. The number of hydrogen-bond donors (Lipinski definition) is 1. The molecule has 1 N–H and O–H groups in total. The van der Waals surface area contributed by atoms with Crippen molar-refractivity contribution in [2.24, 2.45) is 0 Å². The minimum atomic E-state index is -0.297. The van der Waals surface area contributed by atoms with Crippen LogP contribution in [0.2, 0.25) is 0 Å². The van der Waals surface area contributed by atoms with Crippen LogP contribution < -0.4 is 5.32 Å². The van der Waals surface area contributed by atoms with Crippen LogP contribution in [-0.2, 0) is 0 Å². The largest absolute Gasteiger partial charge is 0.324 e. The number of thiazole rings is 1. The van der Waals surface area contributed by atoms with Crippen molar-refractivity contribution in [1.82, 2.24) is 19.2 Å². The Labute approximate surface area is 168 Å². The summed E-state index contributed by atoms with van der Waals surface area (Å²) < 4.78 is 16.8. The van der Waals surface area contributed by atoms with Gasteiger partial charge in [-0.3, -0.25) is 10.1 Å². The van der Waals surface area contributed by atoms with Gasteiger partial charge in [-0.15, -0.1) is 16.4 Å². The first-order valence-electron chi connectivity index (χ1n) is 8.82. The van der Waals surface area contributed by atoms with E-state index in [0.29, 0.717) is 10.5 Å². The summed E-state index contributed by atoms with van der Waals surface area (Å²) in [5.74, 6) is -0.361. The number of amides is 1. The van der Waals surface area contributed by atoms with Crippen molar-refractivity contribution in [3.63, 3.8) is 0 Å². The van der Waals surface area contributed by atoms with Crippen LogP contribution in [0.1, 0.15) is 10.4 Å². The van der Waals surface area contributed by atoms with E-state index in [-0.39, 0.29) is 17.7 Å². The lowest BCUT2D eigenvalue weighted by atomic mass is 10.2. The van der Waals surface area contributed by atoms with Gasteiger partial charge in [0, 0.05) is 34.6 Å². The van der Waals surface area contributed by atoms with E-state index >= 15 is 0 Å². The van der Waals surface area contributed by atoms with Crippen LogP contribution in [0.5, 0.6) is 0 Å². The molecule has 6 nitrogen and oxygen atoms in total. The predicted molar refractivity (Wildman–Crippen MR) is 110 cm³/mol. The molecule has 29 heavy (non-hydrogen) atoms. The Morgan fingerprint density at radius 1 is 1.00 bits per heavy atom. The van der Waals surface area contributed by atoms with Gasteiger partial charge in [-0.05, 0) is 60.7 Å². The highest BCUT2D eigenvalue weighted by Gasteiger charge is 2.14. The first-order valence-corrected chi connectivity index (χ1v) is 9.70. The van der Waals surface area contributed by atoms with E-state index in [2.05, 4.69) is 15.4 Å². The lowest BCUT2D eigenvalue weighted by Crippen LogP contribution is -2.13. The number of halogens is 1. The van der Waals surface area contributed by atoms with Crippen molar-refractivity contribution in [3.05, 3.63) is 89.8 Å². The average Bonchev–Trinajstić information content (AvgIpc) is 3.46. The molecule has 0 bridgehead atoms. The molecule has 142 valence electrons. The summed E-state index contributed by atoms with van der Waals surface area (Å²) in [7, 11) is 0. The smallest absolute Gasteiger partial charge is 0.258 e. The predicted octanol–water partition coefficient (Wildman–Crippen LogP) is 4.64. The van der Waals surface area contributed by atoms with Crippen molar-refractivity contribution in [2.75, 3.05) is 5.32 Å². The van der Waals surface area contributed by atoms with Crippen molar-refractivity contribution in [1.29, 1.82) is 0 Å². The fourth-order valence-corrected chi connectivity index (χ4v) is 3.85. The number of nitrogens with zero attached hydrogens (tertiary/aromatic N) is 4. The zero-order chi connectivity index (χ0) is 19.8. The molecule has 1 amide bonds. The van der Waals surface area contributed by atoms with E-state index in [0.717, 1.165) is 16.9 Å². The van der Waals surface area contributed by atoms with Crippen LogP contribution in [0.4, 0.5) is 10.3 Å². The molecule has 5 aromatic rings. The third kappa shape index (κ3) is 3.30. The van der Waals surface area contributed by atoms with Crippen LogP contribution in [0.25, 0.3) is 21.9 Å². The first kappa shape index (κ1) is 17.3. The van der Waals surface area contributed by atoms with E-state index in [9.17, 15) is 9.18 Å². The van der Waals surface area contributed by atoms with Crippen LogP contribution in [0, 0.1) is 5.82 Å². The van der Waals surface area contributed by atoms with Crippen LogP contribution in [0.15, 0.2) is 78.4 Å². The maximum Gasteiger partial charge on any atom is 0.258 e. The molecule has 3 heterocycles. The van der Waals surface area contributed by atoms with E-state index in [4.69, 9.17) is 0 Å².